The van der Waals surface area contributed by atoms with E-state index in [0.29, 0.717) is 6.54 Å². The number of nitrogens with two attached hydrogens (primary N) is 2. The summed E-state index contributed by atoms with van der Waals surface area (Å²) in [6.45, 7) is 0.577. The molecule has 0 spiro atoms. The molecule has 0 bridgehead atoms. The summed E-state index contributed by atoms with van der Waals surface area (Å²) in [7, 11) is 0. The molecule has 1 aliphatic heterocycles. The van der Waals surface area contributed by atoms with Crippen molar-refractivity contribution >= 4 is 17.8 Å². The van der Waals surface area contributed by atoms with E-state index >= 15 is 0 Å². The fourth-order valence-electron chi connectivity index (χ4n) is 2.69. The minimum Gasteiger partial charge on any atom is -0.367 e. The monoisotopic (exact) mass is 304 g/mol. The number of carbonyl (C=O) groups is 3. The van der Waals surface area contributed by atoms with E-state index in [1.54, 1.807) is 4.90 Å². The number of likely N-dealkylation sites (tertiary alicyclic amines) is 1. The first-order valence-corrected chi connectivity index (χ1v) is 7.18. The number of primary amides is 2. The van der Waals surface area contributed by atoms with Crippen LogP contribution >= 0.6 is 0 Å². The van der Waals surface area contributed by atoms with Gasteiger partial charge in [0, 0.05) is 12.6 Å². The highest BCUT2D eigenvalue weighted by Crippen LogP contribution is 2.21. The second kappa shape index (κ2) is 6.93. The first-order valence-electron chi connectivity index (χ1n) is 7.18. The lowest BCUT2D eigenvalue weighted by atomic mass is 10.0. The Labute approximate surface area is 128 Å². The van der Waals surface area contributed by atoms with Gasteiger partial charge in [-0.3, -0.25) is 9.59 Å². The molecule has 7 heteroatoms. The Morgan fingerprint density at radius 3 is 2.41 bits per heavy atom. The molecule has 7 nitrogen and oxygen atoms in total. The molecule has 0 saturated carbocycles. The number of amides is 4. The molecule has 118 valence electrons. The van der Waals surface area contributed by atoms with Gasteiger partial charge in [-0.15, -0.1) is 0 Å². The summed E-state index contributed by atoms with van der Waals surface area (Å²) in [6.07, 6.45) is 2.48. The van der Waals surface area contributed by atoms with Crippen molar-refractivity contribution in [3.05, 3.63) is 35.9 Å². The van der Waals surface area contributed by atoms with Crippen LogP contribution in [-0.2, 0) is 16.0 Å². The molecule has 1 fully saturated rings. The predicted molar refractivity (Wildman–Crippen MR) is 80.6 cm³/mol. The molecule has 0 radical (unpaired) electrons. The van der Waals surface area contributed by atoms with Gasteiger partial charge in [-0.2, -0.15) is 0 Å². The summed E-state index contributed by atoms with van der Waals surface area (Å²) in [4.78, 5) is 36.2. The standard InChI is InChI=1S/C15H20N4O3/c16-13(20)12(14(17)21)18-15(22)19-8-4-7-11(19)9-10-5-2-1-3-6-10/h1-3,5-6,11-12H,4,7-9H2,(H2,16,20)(H2,17,21)(H,18,22)/t11-/m0/s1. The van der Waals surface area contributed by atoms with Gasteiger partial charge in [-0.05, 0) is 24.8 Å². The Kier molecular flexibility index (Phi) is 4.98. The Bertz CT molecular complexity index is 547. The molecular formula is C15H20N4O3. The van der Waals surface area contributed by atoms with Crippen molar-refractivity contribution < 1.29 is 14.4 Å². The number of carbonyl (C=O) groups excluding carboxylic acids is 3. The Hall–Kier alpha value is -2.57. The first kappa shape index (κ1) is 15.8. The number of nitrogens with zero attached hydrogens (tertiary/aromatic N) is 1. The predicted octanol–water partition coefficient (Wildman–Crippen LogP) is -0.258. The topological polar surface area (TPSA) is 119 Å². The number of hydrogen-bond acceptors (Lipinski definition) is 3. The van der Waals surface area contributed by atoms with Crippen LogP contribution in [0.4, 0.5) is 4.79 Å². The van der Waals surface area contributed by atoms with Crippen LogP contribution in [0, 0.1) is 0 Å². The smallest absolute Gasteiger partial charge is 0.318 e. The highest BCUT2D eigenvalue weighted by molar-refractivity contribution is 6.05. The van der Waals surface area contributed by atoms with Gasteiger partial charge in [0.05, 0.1) is 0 Å². The molecule has 0 aliphatic carbocycles. The van der Waals surface area contributed by atoms with Crippen molar-refractivity contribution in [3.63, 3.8) is 0 Å². The largest absolute Gasteiger partial charge is 0.367 e. The lowest BCUT2D eigenvalue weighted by Gasteiger charge is -2.26. The summed E-state index contributed by atoms with van der Waals surface area (Å²) in [5.41, 5.74) is 11.3. The zero-order valence-electron chi connectivity index (χ0n) is 12.2. The van der Waals surface area contributed by atoms with Crippen LogP contribution in [0.3, 0.4) is 0 Å². The van der Waals surface area contributed by atoms with Gasteiger partial charge in [0.25, 0.3) is 0 Å². The maximum Gasteiger partial charge on any atom is 0.318 e. The van der Waals surface area contributed by atoms with Gasteiger partial charge in [-0.25, -0.2) is 4.79 Å². The van der Waals surface area contributed by atoms with Crippen LogP contribution in [-0.4, -0.2) is 41.4 Å². The van der Waals surface area contributed by atoms with E-state index in [1.165, 1.54) is 0 Å². The van der Waals surface area contributed by atoms with E-state index in [-0.39, 0.29) is 6.04 Å². The van der Waals surface area contributed by atoms with Gasteiger partial charge in [0.2, 0.25) is 11.8 Å². The van der Waals surface area contributed by atoms with E-state index < -0.39 is 23.9 Å². The highest BCUT2D eigenvalue weighted by Gasteiger charge is 2.32. The molecule has 0 aromatic heterocycles. The van der Waals surface area contributed by atoms with E-state index in [1.807, 2.05) is 30.3 Å². The third kappa shape index (κ3) is 3.75. The minimum atomic E-state index is -1.48. The summed E-state index contributed by atoms with van der Waals surface area (Å²) in [5.74, 6) is -1.92. The van der Waals surface area contributed by atoms with Gasteiger partial charge in [0.15, 0.2) is 6.04 Å². The second-order valence-electron chi connectivity index (χ2n) is 5.37. The molecule has 1 heterocycles. The van der Waals surface area contributed by atoms with Crippen LogP contribution in [0.5, 0.6) is 0 Å². The number of rotatable bonds is 5. The normalized spacial score (nSPS) is 17.5. The van der Waals surface area contributed by atoms with E-state index in [2.05, 4.69) is 5.32 Å². The number of benzene rings is 1. The van der Waals surface area contributed by atoms with Crippen LogP contribution in [0.15, 0.2) is 30.3 Å². The van der Waals surface area contributed by atoms with Crippen LogP contribution < -0.4 is 16.8 Å². The zero-order valence-corrected chi connectivity index (χ0v) is 12.2. The molecule has 1 aromatic carbocycles. The Morgan fingerprint density at radius 2 is 1.82 bits per heavy atom. The third-order valence-electron chi connectivity index (χ3n) is 3.79. The molecule has 5 N–H and O–H groups in total. The average molecular weight is 304 g/mol. The molecule has 4 amide bonds. The van der Waals surface area contributed by atoms with Crippen LogP contribution in [0.1, 0.15) is 18.4 Å². The second-order valence-corrected chi connectivity index (χ2v) is 5.37. The van der Waals surface area contributed by atoms with E-state index in [0.717, 1.165) is 24.8 Å². The molecule has 22 heavy (non-hydrogen) atoms. The molecule has 1 aliphatic rings. The van der Waals surface area contributed by atoms with E-state index in [4.69, 9.17) is 11.5 Å². The lowest BCUT2D eigenvalue weighted by molar-refractivity contribution is -0.128. The lowest BCUT2D eigenvalue weighted by Crippen LogP contribution is -2.56. The molecule has 0 unspecified atom stereocenters. The number of hydrogen-bond donors (Lipinski definition) is 3. The highest BCUT2D eigenvalue weighted by atomic mass is 16.2. The molecule has 1 saturated heterocycles. The molecule has 1 aromatic rings. The molecule has 2 rings (SSSR count). The van der Waals surface area contributed by atoms with Crippen molar-refractivity contribution in [2.45, 2.75) is 31.3 Å². The van der Waals surface area contributed by atoms with Crippen LogP contribution in [0.25, 0.3) is 0 Å². The van der Waals surface area contributed by atoms with Gasteiger partial charge < -0.3 is 21.7 Å². The fraction of sp³-hybridized carbons (Fsp3) is 0.400. The maximum absolute atomic E-state index is 12.3. The fourth-order valence-corrected chi connectivity index (χ4v) is 2.69. The van der Waals surface area contributed by atoms with Crippen molar-refractivity contribution in [1.29, 1.82) is 0 Å². The summed E-state index contributed by atoms with van der Waals surface area (Å²) in [6, 6.07) is 7.91. The average Bonchev–Trinajstić information content (AvgIpc) is 2.93. The van der Waals surface area contributed by atoms with Gasteiger partial charge >= 0.3 is 6.03 Å². The van der Waals surface area contributed by atoms with Gasteiger partial charge in [-0.1, -0.05) is 30.3 Å². The Morgan fingerprint density at radius 1 is 1.18 bits per heavy atom. The van der Waals surface area contributed by atoms with Crippen molar-refractivity contribution in [1.82, 2.24) is 10.2 Å². The summed E-state index contributed by atoms with van der Waals surface area (Å²) >= 11 is 0. The van der Waals surface area contributed by atoms with Gasteiger partial charge in [0.1, 0.15) is 0 Å². The number of urea groups is 1. The van der Waals surface area contributed by atoms with Crippen molar-refractivity contribution in [2.24, 2.45) is 11.5 Å². The third-order valence-corrected chi connectivity index (χ3v) is 3.79. The Balaban J connectivity index is 2.02. The van der Waals surface area contributed by atoms with Crippen molar-refractivity contribution in [3.8, 4) is 0 Å². The van der Waals surface area contributed by atoms with Crippen LogP contribution in [0.2, 0.25) is 0 Å². The number of nitrogens with one attached hydrogen (secondary N) is 1. The quantitative estimate of drug-likeness (QED) is 0.650. The van der Waals surface area contributed by atoms with Crippen molar-refractivity contribution in [2.75, 3.05) is 6.54 Å². The molecular weight excluding hydrogens is 284 g/mol. The SMILES string of the molecule is NC(=O)C(NC(=O)N1CCC[C@H]1Cc1ccccc1)C(N)=O. The first-order chi connectivity index (χ1) is 10.5. The summed E-state index contributed by atoms with van der Waals surface area (Å²) in [5, 5.41) is 2.31. The maximum atomic E-state index is 12.3. The summed E-state index contributed by atoms with van der Waals surface area (Å²) < 4.78 is 0. The minimum absolute atomic E-state index is 0.0313. The van der Waals surface area contributed by atoms with E-state index in [9.17, 15) is 14.4 Å². The molecule has 1 atom stereocenters. The zero-order chi connectivity index (χ0) is 16.1.